The molecule has 1 rings (SSSR count). The highest BCUT2D eigenvalue weighted by Crippen LogP contribution is 2.10. The number of hydrogen-bond donors (Lipinski definition) is 0. The number of furan rings is 1. The molecule has 0 saturated carbocycles. The van der Waals surface area contributed by atoms with Crippen molar-refractivity contribution in [3.05, 3.63) is 42.4 Å². The maximum atomic E-state index is 5.26. The topological polar surface area (TPSA) is 13.1 Å². The zero-order valence-electron chi connectivity index (χ0n) is 14.4. The first-order valence-corrected chi connectivity index (χ1v) is 9.28. The second-order valence-electron chi connectivity index (χ2n) is 6.08. The molecular weight excluding hydrogens is 268 g/mol. The van der Waals surface area contributed by atoms with Crippen molar-refractivity contribution in [3.63, 3.8) is 0 Å². The summed E-state index contributed by atoms with van der Waals surface area (Å²) in [5.41, 5.74) is 0. The van der Waals surface area contributed by atoms with Crippen LogP contribution in [-0.4, -0.2) is 0 Å². The van der Waals surface area contributed by atoms with Gasteiger partial charge in [0.2, 0.25) is 0 Å². The zero-order valence-corrected chi connectivity index (χ0v) is 14.4. The number of unbranched alkanes of at least 4 members (excludes halogenated alkanes) is 10. The molecule has 1 heteroatoms. The summed E-state index contributed by atoms with van der Waals surface area (Å²) >= 11 is 0. The van der Waals surface area contributed by atoms with Crippen molar-refractivity contribution < 1.29 is 4.42 Å². The van der Waals surface area contributed by atoms with Crippen LogP contribution in [-0.2, 0) is 0 Å². The van der Waals surface area contributed by atoms with E-state index in [1.54, 1.807) is 6.26 Å². The second kappa shape index (κ2) is 14.7. The Bertz CT molecular complexity index is 373. The van der Waals surface area contributed by atoms with Gasteiger partial charge in [0.25, 0.3) is 0 Å². The van der Waals surface area contributed by atoms with E-state index in [1.807, 2.05) is 12.1 Å². The zero-order chi connectivity index (χ0) is 15.7. The lowest BCUT2D eigenvalue weighted by molar-refractivity contribution is 0.556. The number of allylic oxidation sites excluding steroid dienone is 3. The molecule has 0 fully saturated rings. The van der Waals surface area contributed by atoms with E-state index in [0.717, 1.165) is 12.2 Å². The summed E-state index contributed by atoms with van der Waals surface area (Å²) in [5, 5.41) is 0. The fourth-order valence-corrected chi connectivity index (χ4v) is 2.56. The molecule has 1 heterocycles. The molecule has 0 amide bonds. The summed E-state index contributed by atoms with van der Waals surface area (Å²) in [6.07, 6.45) is 26.8. The van der Waals surface area contributed by atoms with Gasteiger partial charge in [0.1, 0.15) is 5.76 Å². The van der Waals surface area contributed by atoms with Crippen molar-refractivity contribution in [2.45, 2.75) is 84.0 Å². The van der Waals surface area contributed by atoms with Gasteiger partial charge in [-0.25, -0.2) is 0 Å². The van der Waals surface area contributed by atoms with Gasteiger partial charge in [-0.05, 0) is 56.7 Å². The molecule has 124 valence electrons. The Kier molecular flexibility index (Phi) is 12.6. The van der Waals surface area contributed by atoms with Crippen LogP contribution in [0.25, 0.3) is 6.08 Å². The van der Waals surface area contributed by atoms with Crippen LogP contribution in [0.2, 0.25) is 0 Å². The van der Waals surface area contributed by atoms with Gasteiger partial charge in [0, 0.05) is 0 Å². The highest BCUT2D eigenvalue weighted by molar-refractivity contribution is 5.41. The molecule has 22 heavy (non-hydrogen) atoms. The Morgan fingerprint density at radius 2 is 1.36 bits per heavy atom. The Morgan fingerprint density at radius 1 is 0.773 bits per heavy atom. The normalized spacial score (nSPS) is 11.9. The van der Waals surface area contributed by atoms with Crippen LogP contribution in [0, 0.1) is 0 Å². The van der Waals surface area contributed by atoms with Gasteiger partial charge in [-0.15, -0.1) is 0 Å². The summed E-state index contributed by atoms with van der Waals surface area (Å²) in [4.78, 5) is 0. The van der Waals surface area contributed by atoms with Gasteiger partial charge in [-0.3, -0.25) is 0 Å². The summed E-state index contributed by atoms with van der Waals surface area (Å²) < 4.78 is 5.26. The summed E-state index contributed by atoms with van der Waals surface area (Å²) in [7, 11) is 0. The first-order valence-electron chi connectivity index (χ1n) is 9.28. The highest BCUT2D eigenvalue weighted by atomic mass is 16.3. The van der Waals surface area contributed by atoms with Gasteiger partial charge in [0.15, 0.2) is 0 Å². The molecule has 1 aromatic rings. The molecule has 1 nitrogen and oxygen atoms in total. The van der Waals surface area contributed by atoms with Crippen LogP contribution < -0.4 is 0 Å². The summed E-state index contributed by atoms with van der Waals surface area (Å²) in [5.74, 6) is 0.958. The van der Waals surface area contributed by atoms with E-state index in [0.29, 0.717) is 0 Å². The minimum atomic E-state index is 0.958. The molecule has 0 N–H and O–H groups in total. The van der Waals surface area contributed by atoms with Gasteiger partial charge in [0.05, 0.1) is 6.26 Å². The van der Waals surface area contributed by atoms with Crippen LogP contribution in [0.1, 0.15) is 89.7 Å². The molecular formula is C21H34O. The lowest BCUT2D eigenvalue weighted by atomic mass is 10.1. The Balaban J connectivity index is 1.79. The van der Waals surface area contributed by atoms with Crippen molar-refractivity contribution in [3.8, 4) is 0 Å². The molecule has 0 aliphatic rings. The molecule has 1 aromatic heterocycles. The van der Waals surface area contributed by atoms with E-state index < -0.39 is 0 Å². The van der Waals surface area contributed by atoms with Crippen molar-refractivity contribution >= 4 is 6.08 Å². The lowest BCUT2D eigenvalue weighted by Crippen LogP contribution is -1.78. The molecule has 0 aliphatic heterocycles. The average Bonchev–Trinajstić information content (AvgIpc) is 3.04. The first kappa shape index (κ1) is 18.8. The van der Waals surface area contributed by atoms with Gasteiger partial charge in [-0.1, -0.05) is 63.7 Å². The fraction of sp³-hybridized carbons (Fsp3) is 0.619. The summed E-state index contributed by atoms with van der Waals surface area (Å²) in [6.45, 7) is 2.27. The SMILES string of the molecule is CCCCCCC/C=C/CCCCCCC=Cc1ccco1. The Hall–Kier alpha value is -1.24. The second-order valence-corrected chi connectivity index (χ2v) is 6.08. The molecule has 0 saturated heterocycles. The van der Waals surface area contributed by atoms with Gasteiger partial charge < -0.3 is 4.42 Å². The van der Waals surface area contributed by atoms with Crippen LogP contribution in [0.15, 0.2) is 41.0 Å². The molecule has 0 radical (unpaired) electrons. The van der Waals surface area contributed by atoms with E-state index in [4.69, 9.17) is 4.42 Å². The minimum absolute atomic E-state index is 0.958. The average molecular weight is 303 g/mol. The van der Waals surface area contributed by atoms with E-state index in [-0.39, 0.29) is 0 Å². The van der Waals surface area contributed by atoms with Crippen molar-refractivity contribution in [1.82, 2.24) is 0 Å². The van der Waals surface area contributed by atoms with Crippen LogP contribution in [0.3, 0.4) is 0 Å². The molecule has 0 spiro atoms. The molecule has 0 bridgehead atoms. The fourth-order valence-electron chi connectivity index (χ4n) is 2.56. The maximum absolute atomic E-state index is 5.26. The van der Waals surface area contributed by atoms with Crippen LogP contribution in [0.5, 0.6) is 0 Å². The Morgan fingerprint density at radius 3 is 1.91 bits per heavy atom. The quantitative estimate of drug-likeness (QED) is 0.255. The van der Waals surface area contributed by atoms with Crippen molar-refractivity contribution in [1.29, 1.82) is 0 Å². The number of hydrogen-bond acceptors (Lipinski definition) is 1. The van der Waals surface area contributed by atoms with Gasteiger partial charge in [-0.2, -0.15) is 0 Å². The molecule has 0 atom stereocenters. The highest BCUT2D eigenvalue weighted by Gasteiger charge is 1.90. The summed E-state index contributed by atoms with van der Waals surface area (Å²) in [6, 6.07) is 3.92. The van der Waals surface area contributed by atoms with Gasteiger partial charge >= 0.3 is 0 Å². The molecule has 0 aliphatic carbocycles. The van der Waals surface area contributed by atoms with Crippen molar-refractivity contribution in [2.75, 3.05) is 0 Å². The predicted molar refractivity (Wildman–Crippen MR) is 98.0 cm³/mol. The van der Waals surface area contributed by atoms with Crippen LogP contribution in [0.4, 0.5) is 0 Å². The van der Waals surface area contributed by atoms with E-state index in [2.05, 4.69) is 31.2 Å². The first-order chi connectivity index (χ1) is 10.9. The smallest absolute Gasteiger partial charge is 0.126 e. The van der Waals surface area contributed by atoms with E-state index in [1.165, 1.54) is 70.6 Å². The third-order valence-corrected chi connectivity index (χ3v) is 3.96. The lowest BCUT2D eigenvalue weighted by Gasteiger charge is -1.98. The van der Waals surface area contributed by atoms with Crippen molar-refractivity contribution in [2.24, 2.45) is 0 Å². The van der Waals surface area contributed by atoms with E-state index in [9.17, 15) is 0 Å². The maximum Gasteiger partial charge on any atom is 0.126 e. The standard InChI is InChI=1S/C21H34O/c1-2-3-4-5-6-7-8-9-10-11-12-13-14-15-16-18-21-19-17-20-22-21/h8-9,16-20H,2-7,10-15H2,1H3/b9-8+,18-16?. The molecule has 0 unspecified atom stereocenters. The largest absolute Gasteiger partial charge is 0.465 e. The predicted octanol–water partition coefficient (Wildman–Crippen LogP) is 7.55. The minimum Gasteiger partial charge on any atom is -0.465 e. The van der Waals surface area contributed by atoms with Crippen LogP contribution >= 0.6 is 0 Å². The third kappa shape index (κ3) is 11.4. The Labute approximate surface area is 137 Å². The number of rotatable bonds is 14. The molecule has 0 aromatic carbocycles. The monoisotopic (exact) mass is 302 g/mol. The third-order valence-electron chi connectivity index (χ3n) is 3.96. The van der Waals surface area contributed by atoms with E-state index >= 15 is 0 Å².